The number of amides is 1. The molecule has 2 aromatic rings. The lowest BCUT2D eigenvalue weighted by atomic mass is 9.72. The van der Waals surface area contributed by atoms with E-state index in [1.165, 1.54) is 22.8 Å². The maximum absolute atomic E-state index is 12.1. The van der Waals surface area contributed by atoms with Gasteiger partial charge in [-0.15, -0.1) is 0 Å². The molecule has 0 aliphatic carbocycles. The molecule has 106 valence electrons. The highest BCUT2D eigenvalue weighted by molar-refractivity contribution is 5.87. The molecule has 1 heterocycles. The molecule has 2 heteroatoms. The van der Waals surface area contributed by atoms with Crippen LogP contribution in [0.3, 0.4) is 0 Å². The van der Waals surface area contributed by atoms with E-state index < -0.39 is 0 Å². The van der Waals surface area contributed by atoms with Crippen LogP contribution in [0.4, 0.5) is 0 Å². The van der Waals surface area contributed by atoms with Crippen LogP contribution < -0.4 is 0 Å². The molecule has 0 saturated carbocycles. The minimum Gasteiger partial charge on any atom is -0.334 e. The van der Waals surface area contributed by atoms with Gasteiger partial charge in [-0.3, -0.25) is 4.79 Å². The number of rotatable bonds is 2. The molecule has 2 nitrogen and oxygen atoms in total. The molecule has 0 bridgehead atoms. The summed E-state index contributed by atoms with van der Waals surface area (Å²) in [6, 6.07) is 18.8. The molecule has 0 saturated heterocycles. The van der Waals surface area contributed by atoms with Crippen molar-refractivity contribution in [3.63, 3.8) is 0 Å². The van der Waals surface area contributed by atoms with E-state index in [0.29, 0.717) is 13.1 Å². The molecular formula is C19H19NO. The molecule has 1 aliphatic rings. The van der Waals surface area contributed by atoms with Gasteiger partial charge in [-0.05, 0) is 29.7 Å². The zero-order valence-electron chi connectivity index (χ0n) is 12.3. The zero-order valence-corrected chi connectivity index (χ0v) is 12.3. The molecule has 0 unspecified atom stereocenters. The third kappa shape index (κ3) is 2.27. The molecule has 0 fully saturated rings. The van der Waals surface area contributed by atoms with Crippen LogP contribution in [-0.4, -0.2) is 17.4 Å². The Bertz CT molecular complexity index is 677. The first-order chi connectivity index (χ1) is 10.1. The summed E-state index contributed by atoms with van der Waals surface area (Å²) in [5.41, 5.74) is 3.57. The maximum Gasteiger partial charge on any atom is 0.246 e. The van der Waals surface area contributed by atoms with Crippen molar-refractivity contribution in [1.29, 1.82) is 0 Å². The number of benzene rings is 2. The number of nitrogens with zero attached hydrogens (tertiary/aromatic N) is 1. The molecule has 21 heavy (non-hydrogen) atoms. The van der Waals surface area contributed by atoms with E-state index >= 15 is 0 Å². The average molecular weight is 277 g/mol. The van der Waals surface area contributed by atoms with Gasteiger partial charge in [0.2, 0.25) is 5.91 Å². The van der Waals surface area contributed by atoms with Crippen LogP contribution in [0.2, 0.25) is 0 Å². The molecule has 3 rings (SSSR count). The quantitative estimate of drug-likeness (QED) is 0.769. The standard InChI is InChI=1S/C19H19NO/c1-3-18(21)20-13-15-9-7-8-12-17(15)19(2,14-20)16-10-5-4-6-11-16/h3-12H,1,13-14H2,2H3/t19-/m1/s1. The van der Waals surface area contributed by atoms with Crippen LogP contribution in [0.5, 0.6) is 0 Å². The summed E-state index contributed by atoms with van der Waals surface area (Å²) in [5.74, 6) is -0.00772. The zero-order chi connectivity index (χ0) is 14.9. The SMILES string of the molecule is C=CC(=O)N1Cc2ccccc2[C@@](C)(c2ccccc2)C1. The lowest BCUT2D eigenvalue weighted by Gasteiger charge is -2.42. The number of carbonyl (C=O) groups is 1. The van der Waals surface area contributed by atoms with Crippen molar-refractivity contribution in [2.24, 2.45) is 0 Å². The molecule has 1 amide bonds. The summed E-state index contributed by atoms with van der Waals surface area (Å²) in [5, 5.41) is 0. The second-order valence-corrected chi connectivity index (χ2v) is 5.75. The van der Waals surface area contributed by atoms with Crippen molar-refractivity contribution >= 4 is 5.91 Å². The molecule has 0 spiro atoms. The van der Waals surface area contributed by atoms with E-state index in [1.54, 1.807) is 0 Å². The van der Waals surface area contributed by atoms with Crippen LogP contribution in [-0.2, 0) is 16.8 Å². The summed E-state index contributed by atoms with van der Waals surface area (Å²) in [7, 11) is 0. The topological polar surface area (TPSA) is 20.3 Å². The van der Waals surface area contributed by atoms with Gasteiger partial charge in [0.1, 0.15) is 0 Å². The maximum atomic E-state index is 12.1. The Morgan fingerprint density at radius 3 is 2.52 bits per heavy atom. The van der Waals surface area contributed by atoms with Gasteiger partial charge in [0.05, 0.1) is 0 Å². The van der Waals surface area contributed by atoms with Crippen molar-refractivity contribution in [2.75, 3.05) is 6.54 Å². The Balaban J connectivity index is 2.14. The monoisotopic (exact) mass is 277 g/mol. The van der Waals surface area contributed by atoms with Crippen LogP contribution in [0.15, 0.2) is 67.3 Å². The van der Waals surface area contributed by atoms with Gasteiger partial charge >= 0.3 is 0 Å². The van der Waals surface area contributed by atoms with Crippen molar-refractivity contribution < 1.29 is 4.79 Å². The number of fused-ring (bicyclic) bond motifs is 1. The van der Waals surface area contributed by atoms with Gasteiger partial charge in [-0.25, -0.2) is 0 Å². The van der Waals surface area contributed by atoms with E-state index in [2.05, 4.69) is 56.0 Å². The molecular weight excluding hydrogens is 258 g/mol. The third-order valence-electron chi connectivity index (χ3n) is 4.38. The molecule has 1 aliphatic heterocycles. The molecule has 1 atom stereocenters. The van der Waals surface area contributed by atoms with Gasteiger partial charge in [0, 0.05) is 18.5 Å². The fourth-order valence-corrected chi connectivity index (χ4v) is 3.26. The van der Waals surface area contributed by atoms with Gasteiger partial charge in [0.25, 0.3) is 0 Å². The Hall–Kier alpha value is -2.35. The first-order valence-electron chi connectivity index (χ1n) is 7.20. The van der Waals surface area contributed by atoms with Gasteiger partial charge in [-0.2, -0.15) is 0 Å². The van der Waals surface area contributed by atoms with Crippen molar-refractivity contribution in [3.05, 3.63) is 83.9 Å². The normalized spacial score (nSPS) is 20.7. The highest BCUT2D eigenvalue weighted by Crippen LogP contribution is 2.39. The van der Waals surface area contributed by atoms with Crippen molar-refractivity contribution in [3.8, 4) is 0 Å². The number of hydrogen-bond acceptors (Lipinski definition) is 1. The van der Waals surface area contributed by atoms with Crippen molar-refractivity contribution in [2.45, 2.75) is 18.9 Å². The second kappa shape index (κ2) is 5.21. The lowest BCUT2D eigenvalue weighted by molar-refractivity contribution is -0.127. The molecule has 0 aromatic heterocycles. The molecule has 2 aromatic carbocycles. The van der Waals surface area contributed by atoms with Gasteiger partial charge < -0.3 is 4.90 Å². The van der Waals surface area contributed by atoms with E-state index in [0.717, 1.165) is 0 Å². The molecule has 0 N–H and O–H groups in total. The van der Waals surface area contributed by atoms with E-state index in [1.807, 2.05) is 17.0 Å². The fraction of sp³-hybridized carbons (Fsp3) is 0.211. The second-order valence-electron chi connectivity index (χ2n) is 5.75. The summed E-state index contributed by atoms with van der Waals surface area (Å²) in [4.78, 5) is 14.0. The Labute approximate surface area is 125 Å². The number of carbonyl (C=O) groups excluding carboxylic acids is 1. The fourth-order valence-electron chi connectivity index (χ4n) is 3.26. The van der Waals surface area contributed by atoms with Gasteiger partial charge in [0.15, 0.2) is 0 Å². The van der Waals surface area contributed by atoms with Crippen LogP contribution in [0, 0.1) is 0 Å². The largest absolute Gasteiger partial charge is 0.334 e. The summed E-state index contributed by atoms with van der Waals surface area (Å²) >= 11 is 0. The Morgan fingerprint density at radius 1 is 1.14 bits per heavy atom. The molecule has 0 radical (unpaired) electrons. The van der Waals surface area contributed by atoms with E-state index in [-0.39, 0.29) is 11.3 Å². The van der Waals surface area contributed by atoms with Crippen LogP contribution in [0.1, 0.15) is 23.6 Å². The van der Waals surface area contributed by atoms with Crippen LogP contribution in [0.25, 0.3) is 0 Å². The summed E-state index contributed by atoms with van der Waals surface area (Å²) < 4.78 is 0. The predicted molar refractivity (Wildman–Crippen MR) is 85.0 cm³/mol. The minimum absolute atomic E-state index is 0.00772. The number of hydrogen-bond donors (Lipinski definition) is 0. The lowest BCUT2D eigenvalue weighted by Crippen LogP contribution is -2.46. The van der Waals surface area contributed by atoms with Crippen LogP contribution >= 0.6 is 0 Å². The first kappa shape index (κ1) is 13.6. The average Bonchev–Trinajstić information content (AvgIpc) is 2.55. The Kier molecular flexibility index (Phi) is 3.38. The highest BCUT2D eigenvalue weighted by atomic mass is 16.2. The Morgan fingerprint density at radius 2 is 1.81 bits per heavy atom. The highest BCUT2D eigenvalue weighted by Gasteiger charge is 2.37. The third-order valence-corrected chi connectivity index (χ3v) is 4.38. The summed E-state index contributed by atoms with van der Waals surface area (Å²) in [6.07, 6.45) is 1.40. The van der Waals surface area contributed by atoms with Gasteiger partial charge in [-0.1, -0.05) is 61.2 Å². The van der Waals surface area contributed by atoms with Crippen molar-refractivity contribution in [1.82, 2.24) is 4.90 Å². The van der Waals surface area contributed by atoms with E-state index in [9.17, 15) is 4.79 Å². The van der Waals surface area contributed by atoms with E-state index in [4.69, 9.17) is 0 Å². The smallest absolute Gasteiger partial charge is 0.246 e. The minimum atomic E-state index is -0.186. The predicted octanol–water partition coefficient (Wildman–Crippen LogP) is 3.52. The summed E-state index contributed by atoms with van der Waals surface area (Å²) in [6.45, 7) is 7.17. The first-order valence-corrected chi connectivity index (χ1v) is 7.20.